The summed E-state index contributed by atoms with van der Waals surface area (Å²) in [4.78, 5) is 31.2. The number of carbonyl (C=O) groups excluding carboxylic acids is 2. The van der Waals surface area contributed by atoms with Gasteiger partial charge in [0, 0.05) is 25.0 Å². The van der Waals surface area contributed by atoms with E-state index in [-0.39, 0.29) is 46.9 Å². The molecule has 1 saturated carbocycles. The minimum absolute atomic E-state index is 0.109. The topological polar surface area (TPSA) is 88.3 Å². The van der Waals surface area contributed by atoms with E-state index in [0.717, 1.165) is 35.4 Å². The van der Waals surface area contributed by atoms with Crippen molar-refractivity contribution in [2.45, 2.75) is 50.6 Å². The van der Waals surface area contributed by atoms with Crippen molar-refractivity contribution < 1.29 is 36.6 Å². The highest BCUT2D eigenvalue weighted by atomic mass is 35.5. The number of aromatic nitrogens is 3. The Labute approximate surface area is 229 Å². The van der Waals surface area contributed by atoms with Crippen LogP contribution in [-0.4, -0.2) is 49.1 Å². The van der Waals surface area contributed by atoms with Crippen molar-refractivity contribution in [3.63, 3.8) is 0 Å². The van der Waals surface area contributed by atoms with Gasteiger partial charge in [-0.1, -0.05) is 23.2 Å². The highest BCUT2D eigenvalue weighted by Crippen LogP contribution is 2.38. The lowest BCUT2D eigenvalue weighted by atomic mass is 9.93. The van der Waals surface area contributed by atoms with Crippen molar-refractivity contribution in [2.24, 2.45) is 0 Å². The highest BCUT2D eigenvalue weighted by molar-refractivity contribution is 6.39. The third-order valence-corrected chi connectivity index (χ3v) is 6.93. The SMILES string of the molecule is O=C(CN(Cc1cc(F)cc(F)c1)C(=O)c1cnn([C@H]2CC[C@H](O)CC2)c1C(F)(F)F)c1c(Cl)cncc1Cl. The van der Waals surface area contributed by atoms with Crippen LogP contribution in [0.1, 0.15) is 63.7 Å². The smallest absolute Gasteiger partial charge is 0.393 e. The number of Topliss-reactive ketones (excluding diaryl/α,β-unsaturated/α-hetero) is 1. The predicted octanol–water partition coefficient (Wildman–Crippen LogP) is 5.88. The summed E-state index contributed by atoms with van der Waals surface area (Å²) in [5, 5.41) is 13.3. The molecule has 2 heterocycles. The second-order valence-corrected chi connectivity index (χ2v) is 9.97. The summed E-state index contributed by atoms with van der Waals surface area (Å²) in [5.74, 6) is -4.04. The number of benzene rings is 1. The van der Waals surface area contributed by atoms with Crippen LogP contribution >= 0.6 is 23.2 Å². The van der Waals surface area contributed by atoms with E-state index >= 15 is 0 Å². The maximum Gasteiger partial charge on any atom is 0.433 e. The standard InChI is InChI=1S/C25H21Cl2F5N4O3/c26-19-9-33-10-20(27)22(19)21(38)12-35(11-13-5-14(28)7-15(29)6-13)24(39)18-8-34-36(23(18)25(30,31)32)16-1-3-17(37)4-2-16/h5-10,16-17,37H,1-4,11-12H2/t16-,17-. The van der Waals surface area contributed by atoms with Gasteiger partial charge in [-0.05, 0) is 43.4 Å². The van der Waals surface area contributed by atoms with Crippen LogP contribution in [0.15, 0.2) is 36.8 Å². The minimum Gasteiger partial charge on any atom is -0.393 e. The van der Waals surface area contributed by atoms with Gasteiger partial charge < -0.3 is 10.0 Å². The number of hydrogen-bond donors (Lipinski definition) is 1. The van der Waals surface area contributed by atoms with Crippen LogP contribution in [0.25, 0.3) is 0 Å². The summed E-state index contributed by atoms with van der Waals surface area (Å²) in [6, 6.07) is 1.65. The molecule has 2 aromatic heterocycles. The molecule has 0 unspecified atom stereocenters. The van der Waals surface area contributed by atoms with E-state index in [9.17, 15) is 36.6 Å². The summed E-state index contributed by atoms with van der Waals surface area (Å²) in [6.45, 7) is -1.43. The van der Waals surface area contributed by atoms with Crippen LogP contribution in [0.4, 0.5) is 22.0 Å². The first-order valence-electron chi connectivity index (χ1n) is 11.7. The average molecular weight is 591 g/mol. The Morgan fingerprint density at radius 2 is 1.59 bits per heavy atom. The van der Waals surface area contributed by atoms with Gasteiger partial charge in [0.2, 0.25) is 0 Å². The molecule has 14 heteroatoms. The number of carbonyl (C=O) groups is 2. The zero-order valence-electron chi connectivity index (χ0n) is 20.1. The number of ketones is 1. The maximum atomic E-state index is 14.3. The highest BCUT2D eigenvalue weighted by Gasteiger charge is 2.43. The second kappa shape index (κ2) is 11.6. The van der Waals surface area contributed by atoms with Crippen LogP contribution in [0.5, 0.6) is 0 Å². The van der Waals surface area contributed by atoms with E-state index < -0.39 is 66.0 Å². The summed E-state index contributed by atoms with van der Waals surface area (Å²) in [6.07, 6.45) is -1.67. The molecule has 1 aliphatic carbocycles. The quantitative estimate of drug-likeness (QED) is 0.274. The van der Waals surface area contributed by atoms with E-state index in [2.05, 4.69) is 10.1 Å². The molecular weight excluding hydrogens is 570 g/mol. The van der Waals surface area contributed by atoms with Gasteiger partial charge in [0.1, 0.15) is 11.6 Å². The Balaban J connectivity index is 1.74. The lowest BCUT2D eigenvalue weighted by Crippen LogP contribution is -2.37. The molecular formula is C25H21Cl2F5N4O3. The average Bonchev–Trinajstić information content (AvgIpc) is 3.29. The number of aliphatic hydroxyl groups excluding tert-OH is 1. The number of aliphatic hydroxyl groups is 1. The van der Waals surface area contributed by atoms with Gasteiger partial charge in [0.25, 0.3) is 5.91 Å². The molecule has 1 N–H and O–H groups in total. The van der Waals surface area contributed by atoms with Gasteiger partial charge in [0.05, 0.1) is 46.1 Å². The second-order valence-electron chi connectivity index (χ2n) is 9.15. The number of hydrogen-bond acceptors (Lipinski definition) is 5. The zero-order valence-corrected chi connectivity index (χ0v) is 21.6. The van der Waals surface area contributed by atoms with Gasteiger partial charge in [-0.15, -0.1) is 0 Å². The van der Waals surface area contributed by atoms with Crippen LogP contribution < -0.4 is 0 Å². The number of nitrogens with zero attached hydrogens (tertiary/aromatic N) is 4. The lowest BCUT2D eigenvalue weighted by molar-refractivity contribution is -0.145. The predicted molar refractivity (Wildman–Crippen MR) is 130 cm³/mol. The van der Waals surface area contributed by atoms with E-state index in [4.69, 9.17) is 23.2 Å². The Hall–Kier alpha value is -3.09. The Morgan fingerprint density at radius 3 is 2.15 bits per heavy atom. The fourth-order valence-electron chi connectivity index (χ4n) is 4.60. The minimum atomic E-state index is -5.00. The van der Waals surface area contributed by atoms with Crippen molar-refractivity contribution in [2.75, 3.05) is 6.54 Å². The molecule has 1 aromatic carbocycles. The first kappa shape index (κ1) is 28.9. The molecule has 0 saturated heterocycles. The van der Waals surface area contributed by atoms with E-state index in [1.807, 2.05) is 0 Å². The molecule has 0 atom stereocenters. The summed E-state index contributed by atoms with van der Waals surface area (Å²) < 4.78 is 71.3. The number of halogens is 7. The maximum absolute atomic E-state index is 14.3. The molecule has 1 aliphatic rings. The number of alkyl halides is 3. The van der Waals surface area contributed by atoms with Crippen LogP contribution in [0.3, 0.4) is 0 Å². The van der Waals surface area contributed by atoms with Gasteiger partial charge in [-0.2, -0.15) is 18.3 Å². The van der Waals surface area contributed by atoms with Crippen molar-refractivity contribution in [1.29, 1.82) is 0 Å². The van der Waals surface area contributed by atoms with Crippen molar-refractivity contribution in [3.8, 4) is 0 Å². The van der Waals surface area contributed by atoms with Gasteiger partial charge >= 0.3 is 6.18 Å². The Kier molecular flexibility index (Phi) is 8.57. The van der Waals surface area contributed by atoms with E-state index in [1.54, 1.807) is 0 Å². The lowest BCUT2D eigenvalue weighted by Gasteiger charge is -2.28. The van der Waals surface area contributed by atoms with Crippen molar-refractivity contribution in [1.82, 2.24) is 19.7 Å². The largest absolute Gasteiger partial charge is 0.433 e. The van der Waals surface area contributed by atoms with E-state index in [1.165, 1.54) is 0 Å². The third-order valence-electron chi connectivity index (χ3n) is 6.36. The molecule has 208 valence electrons. The Bertz CT molecular complexity index is 1350. The van der Waals surface area contributed by atoms with Crippen LogP contribution in [0.2, 0.25) is 10.0 Å². The monoisotopic (exact) mass is 590 g/mol. The molecule has 0 aliphatic heterocycles. The molecule has 1 fully saturated rings. The van der Waals surface area contributed by atoms with Gasteiger partial charge in [0.15, 0.2) is 11.5 Å². The van der Waals surface area contributed by atoms with Crippen molar-refractivity contribution in [3.05, 3.63) is 80.9 Å². The zero-order chi connectivity index (χ0) is 28.5. The van der Waals surface area contributed by atoms with Crippen LogP contribution in [-0.2, 0) is 12.7 Å². The molecule has 0 spiro atoms. The first-order chi connectivity index (χ1) is 18.3. The molecule has 3 aromatic rings. The normalized spacial score (nSPS) is 17.7. The summed E-state index contributed by atoms with van der Waals surface area (Å²) in [5.41, 5.74) is -2.49. The fourth-order valence-corrected chi connectivity index (χ4v) is 5.18. The molecule has 39 heavy (non-hydrogen) atoms. The summed E-state index contributed by atoms with van der Waals surface area (Å²) in [7, 11) is 0. The van der Waals surface area contributed by atoms with E-state index in [0.29, 0.717) is 11.0 Å². The fraction of sp³-hybridized carbons (Fsp3) is 0.360. The number of amides is 1. The molecule has 0 bridgehead atoms. The third kappa shape index (κ3) is 6.56. The number of pyridine rings is 1. The summed E-state index contributed by atoms with van der Waals surface area (Å²) >= 11 is 12.1. The Morgan fingerprint density at radius 1 is 1.00 bits per heavy atom. The van der Waals surface area contributed by atoms with Gasteiger partial charge in [-0.3, -0.25) is 19.3 Å². The van der Waals surface area contributed by atoms with Crippen LogP contribution in [0, 0.1) is 11.6 Å². The first-order valence-corrected chi connectivity index (χ1v) is 12.5. The number of rotatable bonds is 7. The molecule has 0 radical (unpaired) electrons. The molecule has 4 rings (SSSR count). The van der Waals surface area contributed by atoms with Gasteiger partial charge in [-0.25, -0.2) is 8.78 Å². The van der Waals surface area contributed by atoms with Crippen molar-refractivity contribution >= 4 is 34.9 Å². The molecule has 7 nitrogen and oxygen atoms in total. The molecule has 1 amide bonds.